The van der Waals surface area contributed by atoms with E-state index in [0.717, 1.165) is 4.47 Å². The van der Waals surface area contributed by atoms with Crippen LogP contribution in [0.15, 0.2) is 46.0 Å². The lowest BCUT2D eigenvalue weighted by Crippen LogP contribution is -2.35. The quantitative estimate of drug-likeness (QED) is 0.491. The summed E-state index contributed by atoms with van der Waals surface area (Å²) in [5.41, 5.74) is 3.07. The topological polar surface area (TPSA) is 109 Å². The summed E-state index contributed by atoms with van der Waals surface area (Å²) in [6, 6.07) is 9.64. The Hall–Kier alpha value is -3.07. The number of carbonyl (C=O) groups is 2. The van der Waals surface area contributed by atoms with Gasteiger partial charge in [-0.05, 0) is 36.4 Å². The third-order valence-corrected chi connectivity index (χ3v) is 4.09. The summed E-state index contributed by atoms with van der Waals surface area (Å²) < 4.78 is 11.6. The minimum atomic E-state index is -0.508. The zero-order chi connectivity index (χ0) is 19.2. The molecule has 0 radical (unpaired) electrons. The Labute approximate surface area is 163 Å². The van der Waals surface area contributed by atoms with Gasteiger partial charge in [-0.25, -0.2) is 5.43 Å². The van der Waals surface area contributed by atoms with E-state index < -0.39 is 11.8 Å². The molecule has 140 valence electrons. The predicted octanol–water partition coefficient (Wildman–Crippen LogP) is 1.81. The summed E-state index contributed by atoms with van der Waals surface area (Å²) in [4.78, 5) is 23.9. The molecule has 0 saturated carbocycles. The molecule has 27 heavy (non-hydrogen) atoms. The fourth-order valence-corrected chi connectivity index (χ4v) is 2.67. The van der Waals surface area contributed by atoms with E-state index >= 15 is 0 Å². The van der Waals surface area contributed by atoms with Crippen LogP contribution in [-0.2, 0) is 4.79 Å². The van der Waals surface area contributed by atoms with Crippen LogP contribution >= 0.6 is 15.9 Å². The zero-order valence-corrected chi connectivity index (χ0v) is 15.7. The zero-order valence-electron chi connectivity index (χ0n) is 14.1. The molecule has 0 aromatic heterocycles. The van der Waals surface area contributed by atoms with Crippen LogP contribution in [0.4, 0.5) is 0 Å². The number of fused-ring (bicyclic) bond motifs is 1. The Bertz CT molecular complexity index is 901. The normalized spacial score (nSPS) is 12.6. The highest BCUT2D eigenvalue weighted by atomic mass is 79.9. The first-order valence-corrected chi connectivity index (χ1v) is 8.80. The summed E-state index contributed by atoms with van der Waals surface area (Å²) >= 11 is 3.28. The Morgan fingerprint density at radius 1 is 1.15 bits per heavy atom. The van der Waals surface area contributed by atoms with E-state index in [1.807, 2.05) is 0 Å². The molecule has 1 heterocycles. The molecular weight excluding hydrogens is 418 g/mol. The average molecular weight is 434 g/mol. The molecule has 2 amide bonds. The minimum absolute atomic E-state index is 0.0307. The molecule has 9 heteroatoms. The Morgan fingerprint density at radius 2 is 1.93 bits per heavy atom. The first-order valence-electron chi connectivity index (χ1n) is 8.01. The molecule has 0 saturated heterocycles. The summed E-state index contributed by atoms with van der Waals surface area (Å²) in [7, 11) is 0. The van der Waals surface area contributed by atoms with Gasteiger partial charge in [-0.2, -0.15) is 5.10 Å². The van der Waals surface area contributed by atoms with E-state index in [0.29, 0.717) is 35.8 Å². The molecule has 0 unspecified atom stereocenters. The lowest BCUT2D eigenvalue weighted by atomic mass is 10.2. The number of amides is 2. The van der Waals surface area contributed by atoms with Crippen LogP contribution in [0.25, 0.3) is 0 Å². The second-order valence-electron chi connectivity index (χ2n) is 5.54. The van der Waals surface area contributed by atoms with E-state index in [1.54, 1.807) is 30.3 Å². The largest absolute Gasteiger partial charge is 0.507 e. The number of hydrogen-bond donors (Lipinski definition) is 3. The molecule has 1 aliphatic rings. The lowest BCUT2D eigenvalue weighted by Gasteiger charge is -2.18. The van der Waals surface area contributed by atoms with Crippen LogP contribution in [0, 0.1) is 0 Å². The Kier molecular flexibility index (Phi) is 5.92. The van der Waals surface area contributed by atoms with Crippen molar-refractivity contribution in [3.8, 4) is 17.2 Å². The van der Waals surface area contributed by atoms with Gasteiger partial charge in [0.15, 0.2) is 11.5 Å². The van der Waals surface area contributed by atoms with Crippen LogP contribution in [0.2, 0.25) is 0 Å². The lowest BCUT2D eigenvalue weighted by molar-refractivity contribution is -0.120. The van der Waals surface area contributed by atoms with Gasteiger partial charge >= 0.3 is 0 Å². The molecule has 3 N–H and O–H groups in total. The summed E-state index contributed by atoms with van der Waals surface area (Å²) in [5, 5.41) is 15.9. The number of phenols is 1. The van der Waals surface area contributed by atoms with Crippen molar-refractivity contribution in [1.29, 1.82) is 0 Å². The van der Waals surface area contributed by atoms with Gasteiger partial charge in [0.25, 0.3) is 11.8 Å². The number of rotatable bonds is 5. The number of hydrogen-bond acceptors (Lipinski definition) is 6. The fraction of sp³-hybridized carbons (Fsp3) is 0.167. The first-order chi connectivity index (χ1) is 13.0. The molecule has 8 nitrogen and oxygen atoms in total. The maximum atomic E-state index is 12.1. The van der Waals surface area contributed by atoms with Crippen molar-refractivity contribution in [1.82, 2.24) is 10.7 Å². The number of benzene rings is 2. The average Bonchev–Trinajstić information content (AvgIpc) is 2.68. The third-order valence-electron chi connectivity index (χ3n) is 3.60. The highest BCUT2D eigenvalue weighted by Gasteiger charge is 2.15. The molecular formula is C18H16BrN3O5. The van der Waals surface area contributed by atoms with Crippen LogP contribution in [0.5, 0.6) is 17.2 Å². The van der Waals surface area contributed by atoms with Crippen LogP contribution in [0.3, 0.4) is 0 Å². The van der Waals surface area contributed by atoms with Gasteiger partial charge in [0, 0.05) is 15.6 Å². The number of nitrogens with one attached hydrogen (secondary N) is 2. The summed E-state index contributed by atoms with van der Waals surface area (Å²) in [5.74, 6) is 0.183. The van der Waals surface area contributed by atoms with Gasteiger partial charge in [-0.15, -0.1) is 0 Å². The van der Waals surface area contributed by atoms with Crippen LogP contribution in [-0.4, -0.2) is 42.9 Å². The van der Waals surface area contributed by atoms with Gasteiger partial charge in [-0.1, -0.05) is 15.9 Å². The highest BCUT2D eigenvalue weighted by molar-refractivity contribution is 9.10. The van der Waals surface area contributed by atoms with Crippen LogP contribution < -0.4 is 20.2 Å². The second-order valence-corrected chi connectivity index (χ2v) is 6.45. The van der Waals surface area contributed by atoms with Crippen molar-refractivity contribution in [2.24, 2.45) is 5.10 Å². The van der Waals surface area contributed by atoms with Crippen molar-refractivity contribution in [3.63, 3.8) is 0 Å². The first kappa shape index (κ1) is 18.7. The molecule has 0 fully saturated rings. The van der Waals surface area contributed by atoms with Crippen LogP contribution in [0.1, 0.15) is 15.9 Å². The van der Waals surface area contributed by atoms with Crippen molar-refractivity contribution < 1.29 is 24.2 Å². The molecule has 1 aliphatic heterocycles. The second kappa shape index (κ2) is 8.54. The molecule has 0 aliphatic carbocycles. The molecule has 0 bridgehead atoms. The van der Waals surface area contributed by atoms with Crippen molar-refractivity contribution in [3.05, 3.63) is 52.0 Å². The Balaban J connectivity index is 1.51. The van der Waals surface area contributed by atoms with Gasteiger partial charge in [0.05, 0.1) is 12.8 Å². The minimum Gasteiger partial charge on any atom is -0.507 e. The van der Waals surface area contributed by atoms with E-state index in [9.17, 15) is 14.7 Å². The number of phenolic OH excluding ortho intramolecular Hbond substituents is 1. The van der Waals surface area contributed by atoms with Gasteiger partial charge in [0.1, 0.15) is 19.0 Å². The van der Waals surface area contributed by atoms with E-state index in [2.05, 4.69) is 31.8 Å². The number of hydrazone groups is 1. The number of nitrogens with zero attached hydrogens (tertiary/aromatic N) is 1. The highest BCUT2D eigenvalue weighted by Crippen LogP contribution is 2.30. The van der Waals surface area contributed by atoms with Gasteiger partial charge < -0.3 is 19.9 Å². The SMILES string of the molecule is O=C(CNC(=O)c1ccc2c(c1)OCCO2)N/N=C\c1cc(Br)ccc1O. The summed E-state index contributed by atoms with van der Waals surface area (Å²) in [6.07, 6.45) is 1.31. The number of aromatic hydroxyl groups is 1. The molecule has 3 rings (SSSR count). The van der Waals surface area contributed by atoms with Gasteiger partial charge in [-0.3, -0.25) is 9.59 Å². The Morgan fingerprint density at radius 3 is 2.74 bits per heavy atom. The van der Waals surface area contributed by atoms with E-state index in [4.69, 9.17) is 9.47 Å². The van der Waals surface area contributed by atoms with Crippen molar-refractivity contribution >= 4 is 34.0 Å². The number of halogens is 1. The van der Waals surface area contributed by atoms with E-state index in [-0.39, 0.29) is 12.3 Å². The summed E-state index contributed by atoms with van der Waals surface area (Å²) in [6.45, 7) is 0.637. The fourth-order valence-electron chi connectivity index (χ4n) is 2.29. The standard InChI is InChI=1S/C18H16BrN3O5/c19-13-2-3-14(23)12(7-13)9-21-22-17(24)10-20-18(25)11-1-4-15-16(8-11)27-6-5-26-15/h1-4,7-9,23H,5-6,10H2,(H,20,25)(H,22,24)/b21-9-. The predicted molar refractivity (Wildman–Crippen MR) is 101 cm³/mol. The molecule has 0 atom stereocenters. The number of ether oxygens (including phenoxy) is 2. The molecule has 0 spiro atoms. The van der Waals surface area contributed by atoms with Crippen molar-refractivity contribution in [2.45, 2.75) is 0 Å². The smallest absolute Gasteiger partial charge is 0.259 e. The molecule has 2 aromatic carbocycles. The maximum Gasteiger partial charge on any atom is 0.259 e. The maximum absolute atomic E-state index is 12.1. The van der Waals surface area contributed by atoms with Crippen molar-refractivity contribution in [2.75, 3.05) is 19.8 Å². The third kappa shape index (κ3) is 4.98. The molecule has 2 aromatic rings. The monoisotopic (exact) mass is 433 g/mol. The van der Waals surface area contributed by atoms with Gasteiger partial charge in [0.2, 0.25) is 0 Å². The van der Waals surface area contributed by atoms with E-state index in [1.165, 1.54) is 12.3 Å². The number of carbonyl (C=O) groups excluding carboxylic acids is 2.